The lowest BCUT2D eigenvalue weighted by Crippen LogP contribution is -2.46. The van der Waals surface area contributed by atoms with Crippen molar-refractivity contribution in [1.29, 1.82) is 0 Å². The Morgan fingerprint density at radius 2 is 2.00 bits per heavy atom. The van der Waals surface area contributed by atoms with Crippen LogP contribution in [0.5, 0.6) is 0 Å². The van der Waals surface area contributed by atoms with Crippen molar-refractivity contribution in [3.63, 3.8) is 0 Å². The second-order valence-electron chi connectivity index (χ2n) is 6.11. The molecule has 1 aliphatic heterocycles. The van der Waals surface area contributed by atoms with E-state index < -0.39 is 6.04 Å². The molecule has 0 radical (unpaired) electrons. The molecule has 0 aliphatic carbocycles. The van der Waals surface area contributed by atoms with Gasteiger partial charge in [0.2, 0.25) is 17.7 Å². The minimum Gasteiger partial charge on any atom is -0.344 e. The third-order valence-electron chi connectivity index (χ3n) is 3.81. The summed E-state index contributed by atoms with van der Waals surface area (Å²) < 4.78 is 0. The van der Waals surface area contributed by atoms with E-state index in [1.807, 2.05) is 19.9 Å². The SMILES string of the molecule is CC(=O)N[C@H](C(=O)Nc1cccc(N2CCCC2=O)c1)C(C)C. The van der Waals surface area contributed by atoms with E-state index in [2.05, 4.69) is 10.6 Å². The topological polar surface area (TPSA) is 78.5 Å². The Labute approximate surface area is 136 Å². The molecule has 3 amide bonds. The first kappa shape index (κ1) is 17.0. The highest BCUT2D eigenvalue weighted by molar-refractivity contribution is 5.99. The summed E-state index contributed by atoms with van der Waals surface area (Å²) in [5, 5.41) is 5.48. The van der Waals surface area contributed by atoms with Crippen LogP contribution in [0.25, 0.3) is 0 Å². The van der Waals surface area contributed by atoms with Crippen LogP contribution < -0.4 is 15.5 Å². The molecule has 1 aliphatic rings. The van der Waals surface area contributed by atoms with E-state index in [4.69, 9.17) is 0 Å². The number of nitrogens with zero attached hydrogens (tertiary/aromatic N) is 1. The van der Waals surface area contributed by atoms with E-state index in [1.54, 1.807) is 23.1 Å². The zero-order valence-electron chi connectivity index (χ0n) is 13.8. The van der Waals surface area contributed by atoms with Crippen LogP contribution in [0.3, 0.4) is 0 Å². The fourth-order valence-electron chi connectivity index (χ4n) is 2.65. The molecule has 1 aromatic rings. The van der Waals surface area contributed by atoms with Crippen molar-refractivity contribution in [2.45, 2.75) is 39.7 Å². The molecule has 0 aromatic heterocycles. The lowest BCUT2D eigenvalue weighted by atomic mass is 10.0. The van der Waals surface area contributed by atoms with Crippen molar-refractivity contribution in [1.82, 2.24) is 5.32 Å². The van der Waals surface area contributed by atoms with E-state index in [9.17, 15) is 14.4 Å². The van der Waals surface area contributed by atoms with Crippen LogP contribution in [-0.4, -0.2) is 30.3 Å². The summed E-state index contributed by atoms with van der Waals surface area (Å²) in [6.45, 7) is 5.85. The highest BCUT2D eigenvalue weighted by Crippen LogP contribution is 2.24. The number of rotatable bonds is 5. The monoisotopic (exact) mass is 317 g/mol. The summed E-state index contributed by atoms with van der Waals surface area (Å²) in [4.78, 5) is 37.2. The molecule has 124 valence electrons. The standard InChI is InChI=1S/C17H23N3O3/c1-11(2)16(18-12(3)21)17(23)19-13-6-4-7-14(10-13)20-9-5-8-15(20)22/h4,6-7,10-11,16H,5,8-9H2,1-3H3,(H,18,21)(H,19,23)/t16-/m0/s1. The quantitative estimate of drug-likeness (QED) is 0.871. The summed E-state index contributed by atoms with van der Waals surface area (Å²) >= 11 is 0. The Morgan fingerprint density at radius 3 is 2.57 bits per heavy atom. The first-order valence-electron chi connectivity index (χ1n) is 7.87. The van der Waals surface area contributed by atoms with Crippen LogP contribution in [0.1, 0.15) is 33.6 Å². The second kappa shape index (κ2) is 7.26. The van der Waals surface area contributed by atoms with Crippen LogP contribution in [0.4, 0.5) is 11.4 Å². The van der Waals surface area contributed by atoms with Crippen LogP contribution in [-0.2, 0) is 14.4 Å². The molecule has 23 heavy (non-hydrogen) atoms. The third-order valence-corrected chi connectivity index (χ3v) is 3.81. The van der Waals surface area contributed by atoms with E-state index in [0.29, 0.717) is 18.7 Å². The molecule has 1 heterocycles. The summed E-state index contributed by atoms with van der Waals surface area (Å²) in [7, 11) is 0. The van der Waals surface area contributed by atoms with Crippen LogP contribution >= 0.6 is 0 Å². The van der Waals surface area contributed by atoms with Gasteiger partial charge in [0.25, 0.3) is 0 Å². The number of carbonyl (C=O) groups excluding carboxylic acids is 3. The minimum atomic E-state index is -0.593. The molecular weight excluding hydrogens is 294 g/mol. The number of anilines is 2. The molecule has 1 atom stereocenters. The molecular formula is C17H23N3O3. The minimum absolute atomic E-state index is 0.0257. The Morgan fingerprint density at radius 1 is 1.26 bits per heavy atom. The van der Waals surface area contributed by atoms with Gasteiger partial charge in [-0.3, -0.25) is 14.4 Å². The van der Waals surface area contributed by atoms with Gasteiger partial charge in [-0.05, 0) is 30.5 Å². The molecule has 1 aromatic carbocycles. The van der Waals surface area contributed by atoms with E-state index in [-0.39, 0.29) is 23.6 Å². The van der Waals surface area contributed by atoms with Gasteiger partial charge in [0.1, 0.15) is 6.04 Å². The normalized spacial score (nSPS) is 15.7. The average Bonchev–Trinajstić information content (AvgIpc) is 2.90. The maximum atomic E-state index is 12.4. The molecule has 0 bridgehead atoms. The third kappa shape index (κ3) is 4.31. The number of amides is 3. The number of benzene rings is 1. The molecule has 6 nitrogen and oxygen atoms in total. The van der Waals surface area contributed by atoms with Crippen LogP contribution in [0.2, 0.25) is 0 Å². The van der Waals surface area contributed by atoms with E-state index >= 15 is 0 Å². The summed E-state index contributed by atoms with van der Waals surface area (Å²) in [5.41, 5.74) is 1.40. The zero-order chi connectivity index (χ0) is 17.0. The number of nitrogens with one attached hydrogen (secondary N) is 2. The van der Waals surface area contributed by atoms with Gasteiger partial charge in [-0.25, -0.2) is 0 Å². The molecule has 0 spiro atoms. The molecule has 6 heteroatoms. The van der Waals surface area contributed by atoms with Crippen molar-refractivity contribution in [2.75, 3.05) is 16.8 Å². The van der Waals surface area contributed by atoms with Gasteiger partial charge in [-0.15, -0.1) is 0 Å². The fourth-order valence-corrected chi connectivity index (χ4v) is 2.65. The number of hydrogen-bond acceptors (Lipinski definition) is 3. The van der Waals surface area contributed by atoms with Gasteiger partial charge >= 0.3 is 0 Å². The Bertz CT molecular complexity index is 613. The van der Waals surface area contributed by atoms with Gasteiger partial charge in [0.05, 0.1) is 0 Å². The maximum Gasteiger partial charge on any atom is 0.247 e. The molecule has 2 N–H and O–H groups in total. The van der Waals surface area contributed by atoms with Crippen molar-refractivity contribution < 1.29 is 14.4 Å². The number of hydrogen-bond donors (Lipinski definition) is 2. The smallest absolute Gasteiger partial charge is 0.247 e. The van der Waals surface area contributed by atoms with Gasteiger partial charge in [0.15, 0.2) is 0 Å². The van der Waals surface area contributed by atoms with Crippen molar-refractivity contribution in [2.24, 2.45) is 5.92 Å². The van der Waals surface area contributed by atoms with Crippen molar-refractivity contribution in [3.05, 3.63) is 24.3 Å². The average molecular weight is 317 g/mol. The van der Waals surface area contributed by atoms with E-state index in [1.165, 1.54) is 6.92 Å². The Kier molecular flexibility index (Phi) is 5.36. The molecule has 0 saturated carbocycles. The largest absolute Gasteiger partial charge is 0.344 e. The van der Waals surface area contributed by atoms with Crippen molar-refractivity contribution >= 4 is 29.1 Å². The predicted molar refractivity (Wildman–Crippen MR) is 89.1 cm³/mol. The molecule has 0 unspecified atom stereocenters. The van der Waals surface area contributed by atoms with Gasteiger partial charge in [-0.2, -0.15) is 0 Å². The van der Waals surface area contributed by atoms with E-state index in [0.717, 1.165) is 12.1 Å². The highest BCUT2D eigenvalue weighted by atomic mass is 16.2. The molecule has 2 rings (SSSR count). The first-order valence-corrected chi connectivity index (χ1v) is 7.87. The Hall–Kier alpha value is -2.37. The van der Waals surface area contributed by atoms with Gasteiger partial charge in [0, 0.05) is 31.3 Å². The summed E-state index contributed by atoms with van der Waals surface area (Å²) in [6, 6.07) is 6.62. The molecule has 1 saturated heterocycles. The van der Waals surface area contributed by atoms with Crippen LogP contribution in [0.15, 0.2) is 24.3 Å². The zero-order valence-corrected chi connectivity index (χ0v) is 13.8. The predicted octanol–water partition coefficient (Wildman–Crippen LogP) is 1.91. The number of carbonyl (C=O) groups is 3. The first-order chi connectivity index (χ1) is 10.9. The van der Waals surface area contributed by atoms with Crippen LogP contribution in [0, 0.1) is 5.92 Å². The fraction of sp³-hybridized carbons (Fsp3) is 0.471. The molecule has 1 fully saturated rings. The Balaban J connectivity index is 2.11. The summed E-state index contributed by atoms with van der Waals surface area (Å²) in [6.07, 6.45) is 1.42. The summed E-state index contributed by atoms with van der Waals surface area (Å²) in [5.74, 6) is -0.426. The van der Waals surface area contributed by atoms with Gasteiger partial charge < -0.3 is 15.5 Å². The highest BCUT2D eigenvalue weighted by Gasteiger charge is 2.24. The maximum absolute atomic E-state index is 12.4. The van der Waals surface area contributed by atoms with Crippen molar-refractivity contribution in [3.8, 4) is 0 Å². The second-order valence-corrected chi connectivity index (χ2v) is 6.11. The lowest BCUT2D eigenvalue weighted by Gasteiger charge is -2.22. The van der Waals surface area contributed by atoms with Gasteiger partial charge in [-0.1, -0.05) is 19.9 Å². The lowest BCUT2D eigenvalue weighted by molar-refractivity contribution is -0.126.